The normalized spacial score (nSPS) is 9.69. The third kappa shape index (κ3) is 1.51. The van der Waals surface area contributed by atoms with Gasteiger partial charge in [-0.3, -0.25) is 10.1 Å². The van der Waals surface area contributed by atoms with Gasteiger partial charge in [0, 0.05) is 12.3 Å². The van der Waals surface area contributed by atoms with Gasteiger partial charge in [0.05, 0.1) is 10.5 Å². The summed E-state index contributed by atoms with van der Waals surface area (Å²) in [6.07, 6.45) is 0.400. The van der Waals surface area contributed by atoms with E-state index in [-0.39, 0.29) is 0 Å². The van der Waals surface area contributed by atoms with Crippen LogP contribution in [0.3, 0.4) is 0 Å². The number of halogens is 2. The van der Waals surface area contributed by atoms with Gasteiger partial charge in [0.2, 0.25) is 5.82 Å². The fourth-order valence-electron chi connectivity index (χ4n) is 0.831. The second kappa shape index (κ2) is 3.26. The predicted octanol–water partition coefficient (Wildman–Crippen LogP) is 1.87. The number of nitro groups is 1. The Morgan fingerprint density at radius 1 is 1.46 bits per heavy atom. The Morgan fingerprint density at radius 2 is 2.08 bits per heavy atom. The second-order valence-electron chi connectivity index (χ2n) is 2.20. The van der Waals surface area contributed by atoms with E-state index in [0.29, 0.717) is 6.21 Å². The second-order valence-corrected chi connectivity index (χ2v) is 2.20. The average Bonchev–Trinajstić information content (AvgIpc) is 2.04. The van der Waals surface area contributed by atoms with E-state index in [1.807, 2.05) is 0 Å². The fourth-order valence-corrected chi connectivity index (χ4v) is 0.831. The molecule has 0 heterocycles. The number of hydrogen-bond donors (Lipinski definition) is 1. The van der Waals surface area contributed by atoms with Gasteiger partial charge < -0.3 is 5.41 Å². The summed E-state index contributed by atoms with van der Waals surface area (Å²) < 4.78 is 25.6. The van der Waals surface area contributed by atoms with Crippen molar-refractivity contribution in [3.8, 4) is 0 Å². The zero-order valence-electron chi connectivity index (χ0n) is 6.25. The van der Waals surface area contributed by atoms with Gasteiger partial charge in [0.25, 0.3) is 0 Å². The molecular formula is C7H4F2N2O2. The number of hydrogen-bond acceptors (Lipinski definition) is 3. The van der Waals surface area contributed by atoms with Crippen molar-refractivity contribution < 1.29 is 13.7 Å². The van der Waals surface area contributed by atoms with E-state index in [4.69, 9.17) is 5.41 Å². The van der Waals surface area contributed by atoms with Gasteiger partial charge >= 0.3 is 5.69 Å². The number of nitro benzene ring substituents is 1. The molecule has 6 heteroatoms. The zero-order valence-corrected chi connectivity index (χ0v) is 6.25. The van der Waals surface area contributed by atoms with Gasteiger partial charge in [0.15, 0.2) is 0 Å². The molecule has 0 aliphatic rings. The first-order chi connectivity index (χ1) is 6.07. The van der Waals surface area contributed by atoms with Crippen LogP contribution in [0, 0.1) is 27.2 Å². The van der Waals surface area contributed by atoms with Crippen molar-refractivity contribution in [1.82, 2.24) is 0 Å². The molecule has 0 saturated heterocycles. The Bertz CT molecular complexity index is 379. The van der Waals surface area contributed by atoms with Gasteiger partial charge in [0.1, 0.15) is 5.82 Å². The van der Waals surface area contributed by atoms with Crippen LogP contribution in [0.4, 0.5) is 14.5 Å². The fraction of sp³-hybridized carbons (Fsp3) is 0. The highest BCUT2D eigenvalue weighted by atomic mass is 19.1. The van der Waals surface area contributed by atoms with E-state index < -0.39 is 27.8 Å². The number of rotatable bonds is 2. The maximum absolute atomic E-state index is 13.0. The van der Waals surface area contributed by atoms with E-state index in [1.165, 1.54) is 0 Å². The van der Waals surface area contributed by atoms with Gasteiger partial charge in [-0.05, 0) is 6.07 Å². The summed E-state index contributed by atoms with van der Waals surface area (Å²) >= 11 is 0. The smallest absolute Gasteiger partial charge is 0.305 e. The van der Waals surface area contributed by atoms with Crippen LogP contribution in [0.25, 0.3) is 0 Å². The molecule has 0 bridgehead atoms. The number of nitrogens with one attached hydrogen (secondary N) is 1. The molecule has 1 aromatic rings. The third-order valence-electron chi connectivity index (χ3n) is 1.45. The van der Waals surface area contributed by atoms with Gasteiger partial charge in [-0.2, -0.15) is 4.39 Å². The number of nitrogens with zero attached hydrogens (tertiary/aromatic N) is 1. The molecule has 1 rings (SSSR count). The molecule has 0 spiro atoms. The first-order valence-electron chi connectivity index (χ1n) is 3.20. The Labute approximate surface area is 71.5 Å². The molecule has 0 aromatic heterocycles. The number of benzene rings is 1. The van der Waals surface area contributed by atoms with E-state index in [1.54, 1.807) is 0 Å². The largest absolute Gasteiger partial charge is 0.308 e. The van der Waals surface area contributed by atoms with Gasteiger partial charge in [-0.25, -0.2) is 4.39 Å². The van der Waals surface area contributed by atoms with E-state index >= 15 is 0 Å². The highest BCUT2D eigenvalue weighted by Crippen LogP contribution is 2.21. The molecule has 1 aromatic carbocycles. The molecule has 4 nitrogen and oxygen atoms in total. The summed E-state index contributed by atoms with van der Waals surface area (Å²) in [5.74, 6) is -2.31. The topological polar surface area (TPSA) is 67.0 Å². The van der Waals surface area contributed by atoms with Crippen molar-refractivity contribution >= 4 is 11.9 Å². The van der Waals surface area contributed by atoms with Crippen LogP contribution >= 0.6 is 0 Å². The minimum Gasteiger partial charge on any atom is -0.308 e. The van der Waals surface area contributed by atoms with Crippen molar-refractivity contribution in [1.29, 1.82) is 5.41 Å². The molecule has 13 heavy (non-hydrogen) atoms. The average molecular weight is 186 g/mol. The molecule has 0 fully saturated rings. The lowest BCUT2D eigenvalue weighted by Crippen LogP contribution is -1.99. The molecule has 0 radical (unpaired) electrons. The Hall–Kier alpha value is -1.85. The van der Waals surface area contributed by atoms with Crippen LogP contribution in [-0.2, 0) is 0 Å². The minimum atomic E-state index is -1.32. The molecule has 0 saturated carbocycles. The maximum atomic E-state index is 13.0. The summed E-state index contributed by atoms with van der Waals surface area (Å²) in [6.45, 7) is 0. The lowest BCUT2D eigenvalue weighted by atomic mass is 10.2. The van der Waals surface area contributed by atoms with Crippen molar-refractivity contribution in [3.63, 3.8) is 0 Å². The van der Waals surface area contributed by atoms with E-state index in [2.05, 4.69) is 0 Å². The summed E-state index contributed by atoms with van der Waals surface area (Å²) in [7, 11) is 0. The van der Waals surface area contributed by atoms with Gasteiger partial charge in [-0.1, -0.05) is 0 Å². The molecule has 0 atom stereocenters. The Morgan fingerprint density at radius 3 is 2.54 bits per heavy atom. The van der Waals surface area contributed by atoms with Crippen molar-refractivity contribution in [2.45, 2.75) is 0 Å². The maximum Gasteiger partial charge on any atom is 0.305 e. The van der Waals surface area contributed by atoms with Gasteiger partial charge in [-0.15, -0.1) is 0 Å². The molecule has 0 amide bonds. The lowest BCUT2D eigenvalue weighted by molar-refractivity contribution is -0.387. The quantitative estimate of drug-likeness (QED) is 0.435. The monoisotopic (exact) mass is 186 g/mol. The summed E-state index contributed by atoms with van der Waals surface area (Å²) in [6, 6.07) is 1.47. The van der Waals surface area contributed by atoms with E-state index in [0.717, 1.165) is 12.1 Å². The first-order valence-corrected chi connectivity index (χ1v) is 3.20. The van der Waals surface area contributed by atoms with Crippen LogP contribution in [-0.4, -0.2) is 11.1 Å². The van der Waals surface area contributed by atoms with Crippen LogP contribution in [0.15, 0.2) is 12.1 Å². The summed E-state index contributed by atoms with van der Waals surface area (Å²) in [5.41, 5.74) is -1.53. The first kappa shape index (κ1) is 9.24. The molecule has 0 aliphatic carbocycles. The molecule has 0 unspecified atom stereocenters. The van der Waals surface area contributed by atoms with Crippen LogP contribution in [0.1, 0.15) is 5.56 Å². The standard InChI is InChI=1S/C7H4F2N2O2/c8-5-1-2-6(11(12)13)7(9)4(5)3-10/h1-3,10H. The molecule has 0 aliphatic heterocycles. The lowest BCUT2D eigenvalue weighted by Gasteiger charge is -1.98. The molecule has 1 N–H and O–H groups in total. The Balaban J connectivity index is 3.44. The molecular weight excluding hydrogens is 182 g/mol. The van der Waals surface area contributed by atoms with E-state index in [9.17, 15) is 18.9 Å². The predicted molar refractivity (Wildman–Crippen MR) is 40.9 cm³/mol. The Kier molecular flexibility index (Phi) is 2.32. The summed E-state index contributed by atoms with van der Waals surface area (Å²) in [5, 5.41) is 16.8. The third-order valence-corrected chi connectivity index (χ3v) is 1.45. The minimum absolute atomic E-state index is 0.400. The highest BCUT2D eigenvalue weighted by Gasteiger charge is 2.19. The van der Waals surface area contributed by atoms with Crippen LogP contribution in [0.5, 0.6) is 0 Å². The zero-order chi connectivity index (χ0) is 10.0. The molecule has 68 valence electrons. The van der Waals surface area contributed by atoms with Crippen molar-refractivity contribution in [3.05, 3.63) is 39.4 Å². The van der Waals surface area contributed by atoms with Crippen molar-refractivity contribution in [2.75, 3.05) is 0 Å². The van der Waals surface area contributed by atoms with Crippen molar-refractivity contribution in [2.24, 2.45) is 0 Å². The van der Waals surface area contributed by atoms with Crippen LogP contribution in [0.2, 0.25) is 0 Å². The summed E-state index contributed by atoms with van der Waals surface area (Å²) in [4.78, 5) is 9.20. The van der Waals surface area contributed by atoms with Crippen LogP contribution < -0.4 is 0 Å². The highest BCUT2D eigenvalue weighted by molar-refractivity contribution is 5.79. The SMILES string of the molecule is N=Cc1c(F)ccc([N+](=O)[O-])c1F.